The maximum Gasteiger partial charge on any atom is 0.573 e. The van der Waals surface area contributed by atoms with Crippen molar-refractivity contribution in [3.8, 4) is 5.75 Å². The third-order valence-corrected chi connectivity index (χ3v) is 2.46. The van der Waals surface area contributed by atoms with Crippen LogP contribution in [-0.4, -0.2) is 12.4 Å². The van der Waals surface area contributed by atoms with E-state index < -0.39 is 6.36 Å². The van der Waals surface area contributed by atoms with Gasteiger partial charge in [0.25, 0.3) is 0 Å². The largest absolute Gasteiger partial charge is 0.573 e. The predicted molar refractivity (Wildman–Crippen MR) is 61.0 cm³/mol. The van der Waals surface area contributed by atoms with E-state index in [-0.39, 0.29) is 11.8 Å². The van der Waals surface area contributed by atoms with Crippen molar-refractivity contribution in [3.05, 3.63) is 24.3 Å². The smallest absolute Gasteiger partial charge is 0.406 e. The maximum atomic E-state index is 12.0. The van der Waals surface area contributed by atoms with Crippen LogP contribution >= 0.6 is 0 Å². The minimum absolute atomic E-state index is 0.177. The summed E-state index contributed by atoms with van der Waals surface area (Å²) < 4.78 is 39.9. The Balaban J connectivity index is 2.72. The second-order valence-corrected chi connectivity index (χ2v) is 4.25. The van der Waals surface area contributed by atoms with Gasteiger partial charge >= 0.3 is 6.36 Å². The van der Waals surface area contributed by atoms with Gasteiger partial charge in [0, 0.05) is 17.8 Å². The highest BCUT2D eigenvalue weighted by atomic mass is 19.4. The first-order chi connectivity index (χ1) is 7.78. The Labute approximate surface area is 98.8 Å². The third-order valence-electron chi connectivity index (χ3n) is 2.46. The Morgan fingerprint density at radius 1 is 1.18 bits per heavy atom. The molecule has 0 heterocycles. The lowest BCUT2D eigenvalue weighted by Crippen LogP contribution is -2.21. The highest BCUT2D eigenvalue weighted by Crippen LogP contribution is 2.25. The minimum Gasteiger partial charge on any atom is -0.406 e. The van der Waals surface area contributed by atoms with Crippen molar-refractivity contribution < 1.29 is 17.9 Å². The van der Waals surface area contributed by atoms with E-state index in [0.29, 0.717) is 11.6 Å². The molecule has 0 aliphatic heterocycles. The molecule has 1 atom stereocenters. The fourth-order valence-electron chi connectivity index (χ4n) is 1.21. The number of hydrogen-bond acceptors (Lipinski definition) is 2. The molecule has 0 aliphatic rings. The maximum absolute atomic E-state index is 12.0. The third kappa shape index (κ3) is 4.97. The summed E-state index contributed by atoms with van der Waals surface area (Å²) in [4.78, 5) is 0. The molecular formula is C12H16F3NO. The number of halogens is 3. The molecule has 0 saturated heterocycles. The summed E-state index contributed by atoms with van der Waals surface area (Å²) in [6, 6.07) is 6.03. The van der Waals surface area contributed by atoms with E-state index in [1.807, 2.05) is 20.8 Å². The Bertz CT molecular complexity index is 363. The lowest BCUT2D eigenvalue weighted by Gasteiger charge is -2.19. The van der Waals surface area contributed by atoms with Gasteiger partial charge in [0.2, 0.25) is 0 Å². The van der Waals surface area contributed by atoms with E-state index in [1.165, 1.54) is 18.2 Å². The van der Waals surface area contributed by atoms with Crippen molar-refractivity contribution >= 4 is 5.69 Å². The van der Waals surface area contributed by atoms with Gasteiger partial charge in [-0.2, -0.15) is 0 Å². The Morgan fingerprint density at radius 3 is 2.35 bits per heavy atom. The quantitative estimate of drug-likeness (QED) is 0.866. The van der Waals surface area contributed by atoms with Crippen LogP contribution in [0.2, 0.25) is 0 Å². The van der Waals surface area contributed by atoms with Gasteiger partial charge in [-0.25, -0.2) is 0 Å². The number of hydrogen-bond donors (Lipinski definition) is 1. The molecule has 1 N–H and O–H groups in total. The van der Waals surface area contributed by atoms with Crippen molar-refractivity contribution in [2.24, 2.45) is 5.92 Å². The molecule has 5 heteroatoms. The molecule has 1 unspecified atom stereocenters. The molecule has 0 amide bonds. The highest BCUT2D eigenvalue weighted by molar-refractivity contribution is 5.48. The summed E-state index contributed by atoms with van der Waals surface area (Å²) in [7, 11) is 0. The standard InChI is InChI=1S/C12H16F3NO/c1-8(2)9(3)16-10-5-4-6-11(7-10)17-12(13,14)15/h4-9,16H,1-3H3. The van der Waals surface area contributed by atoms with Gasteiger partial charge in [-0.1, -0.05) is 19.9 Å². The molecule has 0 radical (unpaired) electrons. The van der Waals surface area contributed by atoms with Gasteiger partial charge in [0.15, 0.2) is 0 Å². The minimum atomic E-state index is -4.65. The van der Waals surface area contributed by atoms with Crippen LogP contribution in [0, 0.1) is 5.92 Å². The second kappa shape index (κ2) is 5.29. The van der Waals surface area contributed by atoms with Crippen LogP contribution in [0.3, 0.4) is 0 Å². The lowest BCUT2D eigenvalue weighted by atomic mass is 10.1. The zero-order valence-corrected chi connectivity index (χ0v) is 10.0. The number of anilines is 1. The van der Waals surface area contributed by atoms with Crippen LogP contribution in [0.4, 0.5) is 18.9 Å². The SMILES string of the molecule is CC(C)C(C)Nc1cccc(OC(F)(F)F)c1. The molecule has 0 aromatic heterocycles. The van der Waals surface area contributed by atoms with Crippen LogP contribution in [0.5, 0.6) is 5.75 Å². The molecule has 0 bridgehead atoms. The Morgan fingerprint density at radius 2 is 1.82 bits per heavy atom. The molecular weight excluding hydrogens is 231 g/mol. The summed E-state index contributed by atoms with van der Waals surface area (Å²) in [6.07, 6.45) is -4.65. The first-order valence-electron chi connectivity index (χ1n) is 5.40. The summed E-state index contributed by atoms with van der Waals surface area (Å²) in [5, 5.41) is 3.12. The van der Waals surface area contributed by atoms with Crippen LogP contribution < -0.4 is 10.1 Å². The number of nitrogens with one attached hydrogen (secondary N) is 1. The number of benzene rings is 1. The van der Waals surface area contributed by atoms with Gasteiger partial charge in [-0.05, 0) is 25.0 Å². The van der Waals surface area contributed by atoms with Crippen molar-refractivity contribution in [3.63, 3.8) is 0 Å². The first-order valence-corrected chi connectivity index (χ1v) is 5.40. The first kappa shape index (κ1) is 13.7. The van der Waals surface area contributed by atoms with Crippen LogP contribution in [0.1, 0.15) is 20.8 Å². The fourth-order valence-corrected chi connectivity index (χ4v) is 1.21. The topological polar surface area (TPSA) is 21.3 Å². The van der Waals surface area contributed by atoms with Gasteiger partial charge in [-0.15, -0.1) is 13.2 Å². The Kier molecular flexibility index (Phi) is 4.26. The molecule has 0 saturated carbocycles. The molecule has 0 spiro atoms. The van der Waals surface area contributed by atoms with Crippen molar-refractivity contribution in [2.75, 3.05) is 5.32 Å². The molecule has 17 heavy (non-hydrogen) atoms. The molecule has 0 aliphatic carbocycles. The average Bonchev–Trinajstić information content (AvgIpc) is 2.15. The van der Waals surface area contributed by atoms with E-state index >= 15 is 0 Å². The van der Waals surface area contributed by atoms with Gasteiger partial charge < -0.3 is 10.1 Å². The summed E-state index contributed by atoms with van der Waals surface area (Å²) in [5.41, 5.74) is 0.618. The van der Waals surface area contributed by atoms with Crippen molar-refractivity contribution in [2.45, 2.75) is 33.2 Å². The summed E-state index contributed by atoms with van der Waals surface area (Å²) in [5.74, 6) is 0.181. The predicted octanol–water partition coefficient (Wildman–Crippen LogP) is 4.04. The van der Waals surface area contributed by atoms with E-state index in [1.54, 1.807) is 6.07 Å². The zero-order chi connectivity index (χ0) is 13.1. The van der Waals surface area contributed by atoms with E-state index in [2.05, 4.69) is 10.1 Å². The monoisotopic (exact) mass is 247 g/mol. The van der Waals surface area contributed by atoms with Crippen LogP contribution in [0.25, 0.3) is 0 Å². The van der Waals surface area contributed by atoms with Crippen LogP contribution in [0.15, 0.2) is 24.3 Å². The summed E-state index contributed by atoms with van der Waals surface area (Å²) in [6.45, 7) is 6.05. The normalized spacial score (nSPS) is 13.6. The molecule has 96 valence electrons. The second-order valence-electron chi connectivity index (χ2n) is 4.25. The molecule has 1 aromatic carbocycles. The van der Waals surface area contributed by atoms with E-state index in [0.717, 1.165) is 0 Å². The Hall–Kier alpha value is -1.39. The van der Waals surface area contributed by atoms with Gasteiger partial charge in [0.1, 0.15) is 5.75 Å². The average molecular weight is 247 g/mol. The van der Waals surface area contributed by atoms with Crippen LogP contribution in [-0.2, 0) is 0 Å². The number of rotatable bonds is 4. The lowest BCUT2D eigenvalue weighted by molar-refractivity contribution is -0.274. The fraction of sp³-hybridized carbons (Fsp3) is 0.500. The van der Waals surface area contributed by atoms with E-state index in [9.17, 15) is 13.2 Å². The molecule has 1 rings (SSSR count). The number of ether oxygens (including phenoxy) is 1. The van der Waals surface area contributed by atoms with Crippen molar-refractivity contribution in [1.29, 1.82) is 0 Å². The molecule has 1 aromatic rings. The van der Waals surface area contributed by atoms with E-state index in [4.69, 9.17) is 0 Å². The van der Waals surface area contributed by atoms with Gasteiger partial charge in [0.05, 0.1) is 0 Å². The van der Waals surface area contributed by atoms with Crippen molar-refractivity contribution in [1.82, 2.24) is 0 Å². The summed E-state index contributed by atoms with van der Waals surface area (Å²) >= 11 is 0. The number of alkyl halides is 3. The molecule has 0 fully saturated rings. The zero-order valence-electron chi connectivity index (χ0n) is 10.0. The van der Waals surface area contributed by atoms with Gasteiger partial charge in [-0.3, -0.25) is 0 Å². The highest BCUT2D eigenvalue weighted by Gasteiger charge is 2.31. The molecule has 2 nitrogen and oxygen atoms in total.